The number of nitrogens with one attached hydrogen (secondary N) is 1. The van der Waals surface area contributed by atoms with Crippen LogP contribution in [0.1, 0.15) is 34.9 Å². The number of aromatic nitrogens is 3. The van der Waals surface area contributed by atoms with Crippen molar-refractivity contribution in [1.82, 2.24) is 19.9 Å². The molecule has 4 atom stereocenters. The third kappa shape index (κ3) is 1.40. The van der Waals surface area contributed by atoms with Gasteiger partial charge in [0, 0.05) is 36.0 Å². The summed E-state index contributed by atoms with van der Waals surface area (Å²) >= 11 is 0. The number of aromatic amines is 1. The molecule has 142 valence electrons. The van der Waals surface area contributed by atoms with Crippen molar-refractivity contribution in [2.45, 2.75) is 42.4 Å². The van der Waals surface area contributed by atoms with Crippen molar-refractivity contribution in [3.63, 3.8) is 0 Å². The number of phenols is 1. The van der Waals surface area contributed by atoms with Gasteiger partial charge in [0.05, 0.1) is 16.7 Å². The summed E-state index contributed by atoms with van der Waals surface area (Å²) in [6.07, 6.45) is 5.01. The SMILES string of the molecule is CN1CC[C@]23c4c5ccc(O)c4O[C@H]2c2[nH]c4nccnc4c2C[C@@]3(O)C1C5. The summed E-state index contributed by atoms with van der Waals surface area (Å²) in [5.41, 5.74) is 4.08. The van der Waals surface area contributed by atoms with E-state index in [1.54, 1.807) is 18.5 Å². The second kappa shape index (κ2) is 4.50. The molecule has 2 aromatic heterocycles. The fourth-order valence-electron chi connectivity index (χ4n) is 6.59. The van der Waals surface area contributed by atoms with Crippen molar-refractivity contribution in [3.8, 4) is 11.5 Å². The number of piperidine rings is 1. The highest BCUT2D eigenvalue weighted by Crippen LogP contribution is 2.68. The second-order valence-electron chi connectivity index (χ2n) is 8.74. The maximum absolute atomic E-state index is 12.3. The minimum atomic E-state index is -0.990. The topological polar surface area (TPSA) is 94.5 Å². The van der Waals surface area contributed by atoms with E-state index in [0.29, 0.717) is 12.2 Å². The second-order valence-corrected chi connectivity index (χ2v) is 8.74. The van der Waals surface area contributed by atoms with Gasteiger partial charge in [0.1, 0.15) is 5.52 Å². The van der Waals surface area contributed by atoms with Crippen molar-refractivity contribution < 1.29 is 14.9 Å². The van der Waals surface area contributed by atoms with E-state index in [9.17, 15) is 10.2 Å². The predicted octanol–water partition coefficient (Wildman–Crippen LogP) is 1.58. The Morgan fingerprint density at radius 2 is 2.14 bits per heavy atom. The van der Waals surface area contributed by atoms with Crippen LogP contribution in [0.15, 0.2) is 24.5 Å². The number of hydrogen-bond acceptors (Lipinski definition) is 6. The Morgan fingerprint density at radius 1 is 1.29 bits per heavy atom. The molecule has 7 heteroatoms. The lowest BCUT2D eigenvalue weighted by molar-refractivity contribution is -0.167. The zero-order valence-corrected chi connectivity index (χ0v) is 15.4. The van der Waals surface area contributed by atoms with Gasteiger partial charge >= 0.3 is 0 Å². The number of rotatable bonds is 0. The Hall–Kier alpha value is -2.64. The summed E-state index contributed by atoms with van der Waals surface area (Å²) in [5, 5.41) is 22.9. The number of hydrogen-bond donors (Lipinski definition) is 3. The van der Waals surface area contributed by atoms with Crippen molar-refractivity contribution in [2.24, 2.45) is 0 Å². The third-order valence-corrected chi connectivity index (χ3v) is 7.75. The zero-order valence-electron chi connectivity index (χ0n) is 15.4. The zero-order chi connectivity index (χ0) is 18.8. The molecular weight excluding hydrogens is 356 g/mol. The number of likely N-dealkylation sites (N-methyl/N-ethyl adjacent to an activating group) is 1. The molecule has 1 saturated heterocycles. The molecule has 2 aliphatic heterocycles. The maximum Gasteiger partial charge on any atom is 0.166 e. The van der Waals surface area contributed by atoms with Crippen LogP contribution in [0, 0.1) is 0 Å². The first kappa shape index (κ1) is 15.3. The molecular formula is C21H20N4O3. The maximum atomic E-state index is 12.3. The van der Waals surface area contributed by atoms with Crippen molar-refractivity contribution in [3.05, 3.63) is 46.9 Å². The van der Waals surface area contributed by atoms with E-state index in [1.165, 1.54) is 5.56 Å². The Balaban J connectivity index is 1.62. The third-order valence-electron chi connectivity index (χ3n) is 7.75. The number of likely N-dealkylation sites (tertiary alicyclic amines) is 1. The van der Waals surface area contributed by atoms with E-state index in [2.05, 4.69) is 26.9 Å². The van der Waals surface area contributed by atoms with E-state index < -0.39 is 11.0 Å². The fraction of sp³-hybridized carbons (Fsp3) is 0.429. The van der Waals surface area contributed by atoms with E-state index in [4.69, 9.17) is 4.74 Å². The molecule has 3 aromatic rings. The van der Waals surface area contributed by atoms with Crippen LogP contribution in [0.5, 0.6) is 11.5 Å². The Morgan fingerprint density at radius 3 is 3.04 bits per heavy atom. The monoisotopic (exact) mass is 376 g/mol. The molecule has 7 nitrogen and oxygen atoms in total. The first-order chi connectivity index (χ1) is 13.5. The average Bonchev–Trinajstić information content (AvgIpc) is 3.22. The van der Waals surface area contributed by atoms with Gasteiger partial charge in [-0.2, -0.15) is 0 Å². The quantitative estimate of drug-likeness (QED) is 0.552. The number of aromatic hydroxyl groups is 1. The summed E-state index contributed by atoms with van der Waals surface area (Å²) in [6.45, 7) is 0.882. The summed E-state index contributed by atoms with van der Waals surface area (Å²) in [7, 11) is 2.09. The molecule has 1 fully saturated rings. The van der Waals surface area contributed by atoms with Gasteiger partial charge in [-0.15, -0.1) is 0 Å². The molecule has 4 heterocycles. The summed E-state index contributed by atoms with van der Waals surface area (Å²) in [6, 6.07) is 3.71. The summed E-state index contributed by atoms with van der Waals surface area (Å²) in [4.78, 5) is 14.7. The smallest absolute Gasteiger partial charge is 0.166 e. The molecule has 1 aromatic carbocycles. The van der Waals surface area contributed by atoms with Gasteiger partial charge in [-0.3, -0.25) is 4.98 Å². The number of ether oxygens (including phenoxy) is 1. The molecule has 2 bridgehead atoms. The van der Waals surface area contributed by atoms with Gasteiger partial charge in [-0.05, 0) is 38.1 Å². The lowest BCUT2D eigenvalue weighted by Crippen LogP contribution is -2.73. The first-order valence-corrected chi connectivity index (χ1v) is 9.80. The van der Waals surface area contributed by atoms with Gasteiger partial charge in [0.2, 0.25) is 0 Å². The van der Waals surface area contributed by atoms with E-state index in [-0.39, 0.29) is 17.9 Å². The van der Waals surface area contributed by atoms with Crippen LogP contribution >= 0.6 is 0 Å². The highest BCUT2D eigenvalue weighted by molar-refractivity contribution is 5.79. The van der Waals surface area contributed by atoms with Crippen LogP contribution in [-0.2, 0) is 18.3 Å². The Labute approximate surface area is 161 Å². The van der Waals surface area contributed by atoms with Gasteiger partial charge in [0.15, 0.2) is 23.3 Å². The molecule has 0 saturated carbocycles. The number of H-pyrrole nitrogens is 1. The number of nitrogens with zero attached hydrogens (tertiary/aromatic N) is 3. The molecule has 0 radical (unpaired) electrons. The molecule has 0 amide bonds. The molecule has 28 heavy (non-hydrogen) atoms. The van der Waals surface area contributed by atoms with Gasteiger partial charge in [-0.1, -0.05) is 6.07 Å². The highest BCUT2D eigenvalue weighted by Gasteiger charge is 2.72. The van der Waals surface area contributed by atoms with Crippen molar-refractivity contribution in [2.75, 3.05) is 13.6 Å². The highest BCUT2D eigenvalue weighted by atomic mass is 16.5. The van der Waals surface area contributed by atoms with Crippen LogP contribution in [0.25, 0.3) is 11.2 Å². The minimum Gasteiger partial charge on any atom is -0.504 e. The number of fused-ring (bicyclic) bond motifs is 4. The van der Waals surface area contributed by atoms with E-state index >= 15 is 0 Å². The normalized spacial score (nSPS) is 34.8. The Kier molecular flexibility index (Phi) is 2.46. The lowest BCUT2D eigenvalue weighted by atomic mass is 9.49. The number of phenolic OH excluding ortho intramolecular Hbond substituents is 1. The summed E-state index contributed by atoms with van der Waals surface area (Å²) in [5.74, 6) is 0.688. The van der Waals surface area contributed by atoms with E-state index in [1.807, 2.05) is 6.07 Å². The molecule has 1 spiro atoms. The van der Waals surface area contributed by atoms with Crippen LogP contribution < -0.4 is 4.74 Å². The van der Waals surface area contributed by atoms with Crippen molar-refractivity contribution in [1.29, 1.82) is 0 Å². The molecule has 2 aliphatic carbocycles. The standard InChI is InChI=1S/C21H20N4O3/c1-25-7-4-20-14-10-2-3-12(26)17(14)28-18(20)15-11(9-21(20,27)13(25)8-10)16-19(24-15)23-6-5-22-16/h2-3,5-6,13,18,26-27H,4,7-9H2,1H3,(H,23,24)/t13?,18-,20-,21+/m0/s1. The van der Waals surface area contributed by atoms with Crippen LogP contribution in [0.4, 0.5) is 0 Å². The molecule has 4 aliphatic rings. The lowest BCUT2D eigenvalue weighted by Gasteiger charge is -2.62. The first-order valence-electron chi connectivity index (χ1n) is 9.80. The minimum absolute atomic E-state index is 0.00915. The summed E-state index contributed by atoms with van der Waals surface area (Å²) < 4.78 is 6.45. The number of aliphatic hydroxyl groups is 1. The van der Waals surface area contributed by atoms with Gasteiger partial charge < -0.3 is 24.8 Å². The van der Waals surface area contributed by atoms with Gasteiger partial charge in [-0.25, -0.2) is 4.98 Å². The molecule has 7 rings (SSSR count). The van der Waals surface area contributed by atoms with Crippen LogP contribution in [-0.4, -0.2) is 55.3 Å². The number of benzene rings is 1. The van der Waals surface area contributed by atoms with Gasteiger partial charge in [0.25, 0.3) is 0 Å². The Bertz CT molecular complexity index is 1190. The molecule has 1 unspecified atom stereocenters. The van der Waals surface area contributed by atoms with E-state index in [0.717, 1.165) is 47.4 Å². The predicted molar refractivity (Wildman–Crippen MR) is 100 cm³/mol. The average molecular weight is 376 g/mol. The van der Waals surface area contributed by atoms with Crippen LogP contribution in [0.3, 0.4) is 0 Å². The van der Waals surface area contributed by atoms with Crippen LogP contribution in [0.2, 0.25) is 0 Å². The molecule has 3 N–H and O–H groups in total. The fourth-order valence-corrected chi connectivity index (χ4v) is 6.59. The largest absolute Gasteiger partial charge is 0.504 e. The van der Waals surface area contributed by atoms with Crippen molar-refractivity contribution >= 4 is 11.2 Å².